The van der Waals surface area contributed by atoms with Crippen LogP contribution < -0.4 is 5.59 Å². The lowest BCUT2D eigenvalue weighted by Gasteiger charge is -2.32. The van der Waals surface area contributed by atoms with Gasteiger partial charge in [0.1, 0.15) is 5.65 Å². The lowest BCUT2D eigenvalue weighted by molar-refractivity contribution is 0.00578. The number of hydrogen-bond acceptors (Lipinski definition) is 3. The Kier molecular flexibility index (Phi) is 1.46. The Morgan fingerprint density at radius 3 is 2.56 bits per heavy atom. The number of imidazole rings is 1. The van der Waals surface area contributed by atoms with E-state index < -0.39 is 24.4 Å². The van der Waals surface area contributed by atoms with Crippen molar-refractivity contribution >= 4 is 18.4 Å². The molecule has 0 N–H and O–H groups in total. The standard InChI is InChI=1S/C13H17BN2O2/c1-12(2)13(3,4)18-14(17-12)10-9-15-11-7-5-6-8-16(10)11/h5-9H,1-4H3/i5D,6D,7D,8D,9D. The van der Waals surface area contributed by atoms with Gasteiger partial charge in [-0.25, -0.2) is 4.98 Å². The quantitative estimate of drug-likeness (QED) is 0.721. The number of rotatable bonds is 1. The number of nitrogens with zero attached hydrogens (tertiary/aromatic N) is 2. The van der Waals surface area contributed by atoms with E-state index in [4.69, 9.17) is 16.2 Å². The van der Waals surface area contributed by atoms with Crippen LogP contribution in [0.5, 0.6) is 0 Å². The Labute approximate surface area is 114 Å². The Morgan fingerprint density at radius 1 is 1.22 bits per heavy atom. The Balaban J connectivity index is 2.26. The molecule has 2 aromatic rings. The molecule has 4 nitrogen and oxygen atoms in total. The summed E-state index contributed by atoms with van der Waals surface area (Å²) < 4.78 is 52.6. The van der Waals surface area contributed by atoms with Gasteiger partial charge in [-0.15, -0.1) is 0 Å². The predicted molar refractivity (Wildman–Crippen MR) is 70.9 cm³/mol. The van der Waals surface area contributed by atoms with Crippen LogP contribution in [0.25, 0.3) is 5.65 Å². The maximum atomic E-state index is 8.08. The molecule has 3 heterocycles. The summed E-state index contributed by atoms with van der Waals surface area (Å²) in [5.41, 5.74) is -1.09. The monoisotopic (exact) mass is 249 g/mol. The number of pyridine rings is 1. The Bertz CT molecular complexity index is 805. The molecule has 0 aromatic carbocycles. The predicted octanol–water partition coefficient (Wildman–Crippen LogP) is 1.63. The normalized spacial score (nSPS) is 25.6. The lowest BCUT2D eigenvalue weighted by Crippen LogP contribution is -2.41. The van der Waals surface area contributed by atoms with Crippen LogP contribution in [-0.4, -0.2) is 27.7 Å². The summed E-state index contributed by atoms with van der Waals surface area (Å²) in [6, 6.07) is -1.06. The second kappa shape index (κ2) is 3.59. The Hall–Kier alpha value is -1.33. The van der Waals surface area contributed by atoms with Crippen LogP contribution in [0.15, 0.2) is 30.5 Å². The van der Waals surface area contributed by atoms with Gasteiger partial charge in [-0.2, -0.15) is 0 Å². The highest BCUT2D eigenvalue weighted by atomic mass is 16.7. The largest absolute Gasteiger partial charge is 0.514 e. The van der Waals surface area contributed by atoms with E-state index in [2.05, 4.69) is 4.98 Å². The molecule has 1 aliphatic heterocycles. The summed E-state index contributed by atoms with van der Waals surface area (Å²) in [5.74, 6) is 0. The van der Waals surface area contributed by atoms with E-state index in [0.29, 0.717) is 0 Å². The molecule has 5 heteroatoms. The van der Waals surface area contributed by atoms with Crippen LogP contribution in [0, 0.1) is 0 Å². The Morgan fingerprint density at radius 2 is 1.89 bits per heavy atom. The van der Waals surface area contributed by atoms with Crippen molar-refractivity contribution in [3.05, 3.63) is 30.5 Å². The molecule has 0 spiro atoms. The highest BCUT2D eigenvalue weighted by molar-refractivity contribution is 6.61. The molecule has 0 radical (unpaired) electrons. The van der Waals surface area contributed by atoms with E-state index in [1.54, 1.807) is 0 Å². The minimum absolute atomic E-state index is 0.00860. The molecular formula is C13H17BN2O2. The third-order valence-electron chi connectivity index (χ3n) is 3.61. The minimum Gasteiger partial charge on any atom is -0.398 e. The van der Waals surface area contributed by atoms with Crippen LogP contribution in [0.2, 0.25) is 0 Å². The van der Waals surface area contributed by atoms with Crippen LogP contribution in [0.3, 0.4) is 0 Å². The molecular weight excluding hydrogens is 227 g/mol. The van der Waals surface area contributed by atoms with Crippen LogP contribution in [0.4, 0.5) is 0 Å². The molecule has 0 amide bonds. The van der Waals surface area contributed by atoms with E-state index in [0.717, 1.165) is 0 Å². The van der Waals surface area contributed by atoms with Crippen LogP contribution in [-0.2, 0) is 9.31 Å². The molecule has 0 unspecified atom stereocenters. The molecule has 0 bridgehead atoms. The zero-order valence-corrected chi connectivity index (χ0v) is 10.8. The summed E-state index contributed by atoms with van der Waals surface area (Å²) in [5, 5.41) is 0. The average Bonchev–Trinajstić information content (AvgIpc) is 2.88. The van der Waals surface area contributed by atoms with Gasteiger partial charge in [-0.1, -0.05) is 6.04 Å². The van der Waals surface area contributed by atoms with Crippen LogP contribution >= 0.6 is 0 Å². The van der Waals surface area contributed by atoms with Crippen molar-refractivity contribution in [2.45, 2.75) is 38.9 Å². The molecule has 0 atom stereocenters. The maximum absolute atomic E-state index is 8.08. The van der Waals surface area contributed by atoms with E-state index >= 15 is 0 Å². The zero-order chi connectivity index (χ0) is 17.3. The summed E-state index contributed by atoms with van der Waals surface area (Å²) in [7, 11) is -0.929. The first kappa shape index (κ1) is 7.31. The SMILES string of the molecule is [2H]c1nc2c([2H])c([2H])c([2H])c([2H])n2c1B1OC(C)(C)C(C)(C)O1. The van der Waals surface area contributed by atoms with Crippen molar-refractivity contribution in [2.24, 2.45) is 0 Å². The molecule has 18 heavy (non-hydrogen) atoms. The fourth-order valence-corrected chi connectivity index (χ4v) is 1.81. The first-order valence-electron chi connectivity index (χ1n) is 8.29. The number of hydrogen-bond donors (Lipinski definition) is 0. The van der Waals surface area contributed by atoms with Gasteiger partial charge in [0.2, 0.25) is 0 Å². The van der Waals surface area contributed by atoms with Gasteiger partial charge in [0.05, 0.1) is 23.6 Å². The highest BCUT2D eigenvalue weighted by Gasteiger charge is 2.52. The topological polar surface area (TPSA) is 35.8 Å². The van der Waals surface area contributed by atoms with E-state index in [1.807, 2.05) is 27.7 Å². The third kappa shape index (κ3) is 1.58. The molecule has 3 rings (SSSR count). The summed E-state index contributed by atoms with van der Waals surface area (Å²) in [6.07, 6.45) is -0.493. The van der Waals surface area contributed by atoms with Crippen molar-refractivity contribution in [2.75, 3.05) is 0 Å². The first-order chi connectivity index (χ1) is 10.5. The van der Waals surface area contributed by atoms with E-state index in [9.17, 15) is 0 Å². The summed E-state index contributed by atoms with van der Waals surface area (Å²) >= 11 is 0. The van der Waals surface area contributed by atoms with Gasteiger partial charge in [0.25, 0.3) is 0 Å². The van der Waals surface area contributed by atoms with Crippen molar-refractivity contribution in [1.29, 1.82) is 0 Å². The smallest absolute Gasteiger partial charge is 0.398 e. The molecule has 0 aliphatic carbocycles. The van der Waals surface area contributed by atoms with Gasteiger partial charge in [0.15, 0.2) is 0 Å². The van der Waals surface area contributed by atoms with Gasteiger partial charge < -0.3 is 13.7 Å². The van der Waals surface area contributed by atoms with Gasteiger partial charge in [0, 0.05) is 12.3 Å². The molecule has 1 aliphatic rings. The molecule has 2 aromatic heterocycles. The average molecular weight is 249 g/mol. The van der Waals surface area contributed by atoms with E-state index in [-0.39, 0.29) is 35.7 Å². The van der Waals surface area contributed by atoms with Crippen molar-refractivity contribution in [3.8, 4) is 0 Å². The molecule has 0 saturated carbocycles. The third-order valence-corrected chi connectivity index (χ3v) is 3.61. The van der Waals surface area contributed by atoms with E-state index in [1.165, 1.54) is 4.40 Å². The van der Waals surface area contributed by atoms with Gasteiger partial charge >= 0.3 is 7.12 Å². The second-order valence-corrected chi connectivity index (χ2v) is 5.34. The second-order valence-electron chi connectivity index (χ2n) is 5.34. The number of fused-ring (bicyclic) bond motifs is 1. The fourth-order valence-electron chi connectivity index (χ4n) is 1.81. The van der Waals surface area contributed by atoms with Crippen molar-refractivity contribution in [1.82, 2.24) is 9.38 Å². The number of aromatic nitrogens is 2. The molecule has 1 fully saturated rings. The zero-order valence-electron chi connectivity index (χ0n) is 15.8. The summed E-state index contributed by atoms with van der Waals surface area (Å²) in [6.45, 7) is 7.48. The fraction of sp³-hybridized carbons (Fsp3) is 0.462. The van der Waals surface area contributed by atoms with Crippen molar-refractivity contribution < 1.29 is 16.2 Å². The van der Waals surface area contributed by atoms with Crippen LogP contribution in [0.1, 0.15) is 34.5 Å². The van der Waals surface area contributed by atoms with Crippen molar-refractivity contribution in [3.63, 3.8) is 0 Å². The molecule has 1 saturated heterocycles. The molecule has 94 valence electrons. The highest BCUT2D eigenvalue weighted by Crippen LogP contribution is 2.36. The van der Waals surface area contributed by atoms with Gasteiger partial charge in [-0.3, -0.25) is 0 Å². The first-order valence-corrected chi connectivity index (χ1v) is 5.79. The lowest BCUT2D eigenvalue weighted by atomic mass is 9.85. The maximum Gasteiger partial charge on any atom is 0.514 e. The summed E-state index contributed by atoms with van der Waals surface area (Å²) in [4.78, 5) is 3.97. The van der Waals surface area contributed by atoms with Gasteiger partial charge in [-0.05, 0) is 39.8 Å². The minimum atomic E-state index is -0.929.